The molecular weight excluding hydrogens is 301 g/mol. The fourth-order valence-corrected chi connectivity index (χ4v) is 1.79. The van der Waals surface area contributed by atoms with Crippen molar-refractivity contribution in [3.8, 4) is 5.75 Å². The molecular formula is C9H7BrFNO5. The van der Waals surface area contributed by atoms with E-state index in [9.17, 15) is 19.3 Å². The molecule has 0 fully saturated rings. The zero-order valence-electron chi connectivity index (χ0n) is 8.82. The number of esters is 1. The van der Waals surface area contributed by atoms with E-state index in [-0.39, 0.29) is 10.2 Å². The van der Waals surface area contributed by atoms with Crippen LogP contribution in [0, 0.1) is 15.9 Å². The Morgan fingerprint density at radius 1 is 1.53 bits per heavy atom. The molecule has 92 valence electrons. The van der Waals surface area contributed by atoms with Crippen molar-refractivity contribution in [3.63, 3.8) is 0 Å². The maximum Gasteiger partial charge on any atom is 0.344 e. The minimum atomic E-state index is -1.29. The lowest BCUT2D eigenvalue weighted by atomic mass is 10.1. The predicted molar refractivity (Wildman–Crippen MR) is 58.6 cm³/mol. The summed E-state index contributed by atoms with van der Waals surface area (Å²) in [6.07, 6.45) is 0. The largest absolute Gasteiger partial charge is 0.495 e. The number of hydrogen-bond acceptors (Lipinski definition) is 5. The molecule has 1 aromatic rings. The summed E-state index contributed by atoms with van der Waals surface area (Å²) >= 11 is 2.95. The van der Waals surface area contributed by atoms with Crippen LogP contribution in [0.3, 0.4) is 0 Å². The summed E-state index contributed by atoms with van der Waals surface area (Å²) < 4.78 is 23.0. The van der Waals surface area contributed by atoms with Gasteiger partial charge in [-0.25, -0.2) is 4.79 Å². The summed E-state index contributed by atoms with van der Waals surface area (Å²) in [5.74, 6) is -2.49. The minimum Gasteiger partial charge on any atom is -0.495 e. The standard InChI is InChI=1S/C9H7BrFNO5/c1-16-8-4(10)3-5(12(14)15)7(11)6(8)9(13)17-2/h3H,1-2H3. The van der Waals surface area contributed by atoms with Crippen molar-refractivity contribution in [2.24, 2.45) is 0 Å². The van der Waals surface area contributed by atoms with Gasteiger partial charge in [-0.3, -0.25) is 10.1 Å². The summed E-state index contributed by atoms with van der Waals surface area (Å²) in [7, 11) is 2.24. The lowest BCUT2D eigenvalue weighted by Gasteiger charge is -2.09. The SMILES string of the molecule is COC(=O)c1c(F)c([N+](=O)[O-])cc(Br)c1OC. The van der Waals surface area contributed by atoms with Crippen LogP contribution in [0.4, 0.5) is 10.1 Å². The van der Waals surface area contributed by atoms with E-state index in [4.69, 9.17) is 4.74 Å². The third kappa shape index (κ3) is 2.36. The van der Waals surface area contributed by atoms with Crippen LogP contribution in [0.25, 0.3) is 0 Å². The first-order chi connectivity index (χ1) is 7.93. The lowest BCUT2D eigenvalue weighted by Crippen LogP contribution is -2.09. The van der Waals surface area contributed by atoms with Gasteiger partial charge in [-0.05, 0) is 15.9 Å². The van der Waals surface area contributed by atoms with E-state index >= 15 is 0 Å². The highest BCUT2D eigenvalue weighted by atomic mass is 79.9. The first-order valence-electron chi connectivity index (χ1n) is 4.22. The zero-order valence-corrected chi connectivity index (χ0v) is 10.4. The van der Waals surface area contributed by atoms with Gasteiger partial charge >= 0.3 is 11.7 Å². The second kappa shape index (κ2) is 5.09. The molecule has 0 spiro atoms. The van der Waals surface area contributed by atoms with Gasteiger partial charge in [-0.1, -0.05) is 0 Å². The highest BCUT2D eigenvalue weighted by Gasteiger charge is 2.29. The number of rotatable bonds is 3. The Hall–Kier alpha value is -1.70. The van der Waals surface area contributed by atoms with Crippen LogP contribution < -0.4 is 4.74 Å². The summed E-state index contributed by atoms with van der Waals surface area (Å²) in [4.78, 5) is 21.0. The molecule has 0 atom stereocenters. The molecule has 8 heteroatoms. The fourth-order valence-electron chi connectivity index (χ4n) is 1.21. The van der Waals surface area contributed by atoms with Crippen molar-refractivity contribution >= 4 is 27.6 Å². The first-order valence-corrected chi connectivity index (χ1v) is 5.02. The van der Waals surface area contributed by atoms with Crippen LogP contribution in [-0.4, -0.2) is 25.1 Å². The van der Waals surface area contributed by atoms with E-state index in [2.05, 4.69) is 20.7 Å². The molecule has 0 amide bonds. The molecule has 0 saturated carbocycles. The van der Waals surface area contributed by atoms with Gasteiger partial charge in [0, 0.05) is 6.07 Å². The summed E-state index contributed by atoms with van der Waals surface area (Å²) in [6.45, 7) is 0. The van der Waals surface area contributed by atoms with Crippen LogP contribution in [0.15, 0.2) is 10.5 Å². The molecule has 0 bridgehead atoms. The number of halogens is 2. The maximum absolute atomic E-state index is 13.7. The highest BCUT2D eigenvalue weighted by Crippen LogP contribution is 2.36. The average Bonchev–Trinajstić information content (AvgIpc) is 2.29. The fraction of sp³-hybridized carbons (Fsp3) is 0.222. The van der Waals surface area contributed by atoms with Gasteiger partial charge < -0.3 is 9.47 Å². The van der Waals surface area contributed by atoms with Gasteiger partial charge in [0.15, 0.2) is 5.75 Å². The monoisotopic (exact) mass is 307 g/mol. The normalized spacial score (nSPS) is 9.88. The molecule has 0 unspecified atom stereocenters. The van der Waals surface area contributed by atoms with E-state index < -0.39 is 28.0 Å². The summed E-state index contributed by atoms with van der Waals surface area (Å²) in [5.41, 5.74) is -1.45. The van der Waals surface area contributed by atoms with E-state index in [1.54, 1.807) is 0 Å². The third-order valence-electron chi connectivity index (χ3n) is 1.94. The van der Waals surface area contributed by atoms with Crippen molar-refractivity contribution in [1.29, 1.82) is 0 Å². The number of methoxy groups -OCH3 is 2. The first kappa shape index (κ1) is 13.4. The number of benzene rings is 1. The number of ether oxygens (including phenoxy) is 2. The molecule has 0 radical (unpaired) electrons. The molecule has 0 aliphatic carbocycles. The van der Waals surface area contributed by atoms with Crippen molar-refractivity contribution < 1.29 is 23.6 Å². The second-order valence-electron chi connectivity index (χ2n) is 2.85. The Kier molecular flexibility index (Phi) is 4.00. The van der Waals surface area contributed by atoms with Crippen LogP contribution in [0.1, 0.15) is 10.4 Å². The Morgan fingerprint density at radius 2 is 2.12 bits per heavy atom. The second-order valence-corrected chi connectivity index (χ2v) is 3.70. The van der Waals surface area contributed by atoms with Crippen molar-refractivity contribution in [2.75, 3.05) is 14.2 Å². The molecule has 0 saturated heterocycles. The third-order valence-corrected chi connectivity index (χ3v) is 2.53. The van der Waals surface area contributed by atoms with Crippen LogP contribution in [0.5, 0.6) is 5.75 Å². The quantitative estimate of drug-likeness (QED) is 0.486. The van der Waals surface area contributed by atoms with Gasteiger partial charge in [-0.2, -0.15) is 4.39 Å². The van der Waals surface area contributed by atoms with Crippen LogP contribution >= 0.6 is 15.9 Å². The van der Waals surface area contributed by atoms with Crippen LogP contribution in [0.2, 0.25) is 0 Å². The molecule has 1 aromatic carbocycles. The van der Waals surface area contributed by atoms with Gasteiger partial charge in [0.2, 0.25) is 5.82 Å². The molecule has 1 rings (SSSR count). The molecule has 0 aliphatic heterocycles. The van der Waals surface area contributed by atoms with Crippen molar-refractivity contribution in [3.05, 3.63) is 32.0 Å². The van der Waals surface area contributed by atoms with Gasteiger partial charge in [-0.15, -0.1) is 0 Å². The zero-order chi connectivity index (χ0) is 13.2. The summed E-state index contributed by atoms with van der Waals surface area (Å²) in [5, 5.41) is 10.6. The predicted octanol–water partition coefficient (Wildman–Crippen LogP) is 2.29. The highest BCUT2D eigenvalue weighted by molar-refractivity contribution is 9.10. The maximum atomic E-state index is 13.7. The van der Waals surface area contributed by atoms with E-state index in [0.717, 1.165) is 13.2 Å². The molecule has 0 aromatic heterocycles. The minimum absolute atomic E-state index is 0.0912. The number of nitro benzene ring substituents is 1. The van der Waals surface area contributed by atoms with Gasteiger partial charge in [0.25, 0.3) is 0 Å². The Balaban J connectivity index is 3.62. The number of nitrogens with zero attached hydrogens (tertiary/aromatic N) is 1. The van der Waals surface area contributed by atoms with Crippen LogP contribution in [-0.2, 0) is 4.74 Å². The molecule has 6 nitrogen and oxygen atoms in total. The smallest absolute Gasteiger partial charge is 0.344 e. The van der Waals surface area contributed by atoms with Gasteiger partial charge in [0.05, 0.1) is 23.6 Å². The molecule has 17 heavy (non-hydrogen) atoms. The topological polar surface area (TPSA) is 78.7 Å². The molecule has 0 N–H and O–H groups in total. The Bertz CT molecular complexity index is 491. The van der Waals surface area contributed by atoms with Gasteiger partial charge in [0.1, 0.15) is 5.56 Å². The number of carbonyl (C=O) groups is 1. The lowest BCUT2D eigenvalue weighted by molar-refractivity contribution is -0.387. The number of hydrogen-bond donors (Lipinski definition) is 0. The molecule has 0 aliphatic rings. The van der Waals surface area contributed by atoms with Crippen molar-refractivity contribution in [1.82, 2.24) is 0 Å². The Morgan fingerprint density at radius 3 is 2.53 bits per heavy atom. The number of nitro groups is 1. The van der Waals surface area contributed by atoms with E-state index in [1.165, 1.54) is 7.11 Å². The molecule has 0 heterocycles. The van der Waals surface area contributed by atoms with E-state index in [0.29, 0.717) is 0 Å². The average molecular weight is 308 g/mol. The summed E-state index contributed by atoms with van der Waals surface area (Å²) in [6, 6.07) is 0.917. The van der Waals surface area contributed by atoms with Crippen molar-refractivity contribution in [2.45, 2.75) is 0 Å². The number of carbonyl (C=O) groups excluding carboxylic acids is 1. The van der Waals surface area contributed by atoms with E-state index in [1.807, 2.05) is 0 Å². The Labute approximate surface area is 104 Å².